The van der Waals surface area contributed by atoms with Gasteiger partial charge in [0.25, 0.3) is 5.91 Å². The highest BCUT2D eigenvalue weighted by Gasteiger charge is 2.48. The van der Waals surface area contributed by atoms with Crippen molar-refractivity contribution in [2.75, 3.05) is 27.2 Å². The summed E-state index contributed by atoms with van der Waals surface area (Å²) in [7, 11) is 3.64. The fraction of sp³-hybridized carbons (Fsp3) is 0.533. The van der Waals surface area contributed by atoms with Crippen molar-refractivity contribution < 1.29 is 9.59 Å². The van der Waals surface area contributed by atoms with Crippen LogP contribution in [0.25, 0.3) is 0 Å². The van der Waals surface area contributed by atoms with Gasteiger partial charge >= 0.3 is 0 Å². The molecule has 21 heavy (non-hydrogen) atoms. The summed E-state index contributed by atoms with van der Waals surface area (Å²) in [6, 6.07) is 5.56. The van der Waals surface area contributed by atoms with Gasteiger partial charge in [-0.2, -0.15) is 0 Å². The number of likely N-dealkylation sites (tertiary alicyclic amines) is 2. The van der Waals surface area contributed by atoms with Crippen molar-refractivity contribution >= 4 is 11.8 Å². The van der Waals surface area contributed by atoms with Crippen molar-refractivity contribution in [2.45, 2.75) is 18.5 Å². The number of aromatic nitrogens is 1. The number of carbonyl (C=O) groups is 2. The Hall–Kier alpha value is -1.95. The van der Waals surface area contributed by atoms with Gasteiger partial charge in [0, 0.05) is 32.4 Å². The number of amides is 2. The molecule has 3 atom stereocenters. The van der Waals surface area contributed by atoms with Gasteiger partial charge < -0.3 is 10.2 Å². The standard InChI is InChI=1S/C15H20N4O2/c1-16-14(20)12-7-10-8-19(9-13(10)18(12)2)15(21)11-5-3-4-6-17-11/h3-6,10,12-13H,7-9H2,1-2H3,(H,16,20)/t10-,12-,13+/m0/s1. The number of fused-ring (bicyclic) bond motifs is 1. The van der Waals surface area contributed by atoms with E-state index in [2.05, 4.69) is 15.2 Å². The third-order valence-electron chi connectivity index (χ3n) is 4.67. The molecule has 0 saturated carbocycles. The van der Waals surface area contributed by atoms with Crippen LogP contribution in [0.5, 0.6) is 0 Å². The van der Waals surface area contributed by atoms with Gasteiger partial charge in [0.15, 0.2) is 0 Å². The van der Waals surface area contributed by atoms with Gasteiger partial charge in [-0.05, 0) is 31.5 Å². The van der Waals surface area contributed by atoms with Gasteiger partial charge in [0.2, 0.25) is 5.91 Å². The Morgan fingerprint density at radius 3 is 2.76 bits per heavy atom. The molecule has 2 aliphatic heterocycles. The molecule has 0 bridgehead atoms. The van der Waals surface area contributed by atoms with Crippen LogP contribution in [0.3, 0.4) is 0 Å². The molecular formula is C15H20N4O2. The maximum Gasteiger partial charge on any atom is 0.272 e. The van der Waals surface area contributed by atoms with Crippen LogP contribution in [0.15, 0.2) is 24.4 Å². The lowest BCUT2D eigenvalue weighted by atomic mass is 10.0. The van der Waals surface area contributed by atoms with E-state index in [4.69, 9.17) is 0 Å². The molecule has 3 heterocycles. The first-order valence-corrected chi connectivity index (χ1v) is 7.25. The van der Waals surface area contributed by atoms with Crippen LogP contribution in [0, 0.1) is 5.92 Å². The van der Waals surface area contributed by atoms with E-state index in [9.17, 15) is 9.59 Å². The molecule has 0 aromatic carbocycles. The Kier molecular flexibility index (Phi) is 3.63. The number of nitrogens with one attached hydrogen (secondary N) is 1. The van der Waals surface area contributed by atoms with Crippen LogP contribution in [0.2, 0.25) is 0 Å². The van der Waals surface area contributed by atoms with E-state index in [0.717, 1.165) is 6.42 Å². The first-order chi connectivity index (χ1) is 10.1. The lowest BCUT2D eigenvalue weighted by Gasteiger charge is -2.25. The summed E-state index contributed by atoms with van der Waals surface area (Å²) in [6.45, 7) is 1.38. The zero-order valence-electron chi connectivity index (χ0n) is 12.3. The second kappa shape index (κ2) is 5.44. The van der Waals surface area contributed by atoms with Gasteiger partial charge in [-0.1, -0.05) is 6.07 Å². The second-order valence-electron chi connectivity index (χ2n) is 5.78. The molecule has 1 N–H and O–H groups in total. The number of hydrogen-bond donors (Lipinski definition) is 1. The number of hydrogen-bond acceptors (Lipinski definition) is 4. The lowest BCUT2D eigenvalue weighted by molar-refractivity contribution is -0.125. The summed E-state index contributed by atoms with van der Waals surface area (Å²) in [4.78, 5) is 32.4. The Labute approximate surface area is 124 Å². The highest BCUT2D eigenvalue weighted by molar-refractivity contribution is 5.92. The Bertz CT molecular complexity index is 548. The van der Waals surface area contributed by atoms with Crippen LogP contribution >= 0.6 is 0 Å². The van der Waals surface area contributed by atoms with Crippen molar-refractivity contribution in [3.8, 4) is 0 Å². The molecule has 1 aromatic heterocycles. The molecule has 3 rings (SSSR count). The van der Waals surface area contributed by atoms with Crippen molar-refractivity contribution in [1.29, 1.82) is 0 Å². The summed E-state index contributed by atoms with van der Waals surface area (Å²) in [5, 5.41) is 2.72. The van der Waals surface area contributed by atoms with Crippen LogP contribution in [0.4, 0.5) is 0 Å². The summed E-state index contributed by atoms with van der Waals surface area (Å²) in [5.74, 6) is 0.411. The first-order valence-electron chi connectivity index (χ1n) is 7.25. The smallest absolute Gasteiger partial charge is 0.272 e. The molecule has 0 spiro atoms. The van der Waals surface area contributed by atoms with Crippen molar-refractivity contribution in [2.24, 2.45) is 5.92 Å². The monoisotopic (exact) mass is 288 g/mol. The SMILES string of the molecule is CNC(=O)[C@@H]1C[C@H]2CN(C(=O)c3ccccn3)C[C@H]2N1C. The molecule has 6 heteroatoms. The van der Waals surface area contributed by atoms with Gasteiger partial charge in [-0.3, -0.25) is 19.5 Å². The number of nitrogens with zero attached hydrogens (tertiary/aromatic N) is 3. The van der Waals surface area contributed by atoms with E-state index in [1.54, 1.807) is 25.4 Å². The Morgan fingerprint density at radius 2 is 2.14 bits per heavy atom. The highest BCUT2D eigenvalue weighted by atomic mass is 16.2. The van der Waals surface area contributed by atoms with Gasteiger partial charge in [-0.25, -0.2) is 0 Å². The number of carbonyl (C=O) groups excluding carboxylic acids is 2. The molecule has 2 fully saturated rings. The fourth-order valence-electron chi connectivity index (χ4n) is 3.51. The molecule has 6 nitrogen and oxygen atoms in total. The van der Waals surface area contributed by atoms with Crippen LogP contribution in [-0.4, -0.2) is 65.9 Å². The summed E-state index contributed by atoms with van der Waals surface area (Å²) >= 11 is 0. The van der Waals surface area contributed by atoms with E-state index >= 15 is 0 Å². The minimum Gasteiger partial charge on any atom is -0.358 e. The highest BCUT2D eigenvalue weighted by Crippen LogP contribution is 2.35. The quantitative estimate of drug-likeness (QED) is 0.830. The summed E-state index contributed by atoms with van der Waals surface area (Å²) < 4.78 is 0. The number of likely N-dealkylation sites (N-methyl/N-ethyl adjacent to an activating group) is 2. The topological polar surface area (TPSA) is 65.5 Å². The molecule has 2 saturated heterocycles. The molecule has 0 unspecified atom stereocenters. The van der Waals surface area contributed by atoms with E-state index in [0.29, 0.717) is 24.7 Å². The summed E-state index contributed by atoms with van der Waals surface area (Å²) in [5.41, 5.74) is 0.489. The predicted octanol–water partition coefficient (Wildman–Crippen LogP) is -0.0277. The fourth-order valence-corrected chi connectivity index (χ4v) is 3.51. The van der Waals surface area contributed by atoms with Crippen LogP contribution in [0.1, 0.15) is 16.9 Å². The largest absolute Gasteiger partial charge is 0.358 e. The predicted molar refractivity (Wildman–Crippen MR) is 77.7 cm³/mol. The van der Waals surface area contributed by atoms with Crippen molar-refractivity contribution in [3.63, 3.8) is 0 Å². The third kappa shape index (κ3) is 2.40. The van der Waals surface area contributed by atoms with E-state index in [-0.39, 0.29) is 23.9 Å². The summed E-state index contributed by atoms with van der Waals surface area (Å²) in [6.07, 6.45) is 2.45. The average Bonchev–Trinajstić information content (AvgIpc) is 3.06. The minimum atomic E-state index is -0.0721. The molecule has 112 valence electrons. The van der Waals surface area contributed by atoms with E-state index < -0.39 is 0 Å². The van der Waals surface area contributed by atoms with Gasteiger partial charge in [-0.15, -0.1) is 0 Å². The zero-order valence-corrected chi connectivity index (χ0v) is 12.3. The van der Waals surface area contributed by atoms with Gasteiger partial charge in [0.1, 0.15) is 5.69 Å². The second-order valence-corrected chi connectivity index (χ2v) is 5.78. The molecular weight excluding hydrogens is 268 g/mol. The lowest BCUT2D eigenvalue weighted by Crippen LogP contribution is -2.45. The van der Waals surface area contributed by atoms with Crippen LogP contribution in [-0.2, 0) is 4.79 Å². The third-order valence-corrected chi connectivity index (χ3v) is 4.67. The average molecular weight is 288 g/mol. The Balaban J connectivity index is 1.69. The van der Waals surface area contributed by atoms with Crippen LogP contribution < -0.4 is 5.32 Å². The normalized spacial score (nSPS) is 28.5. The minimum absolute atomic E-state index is 0.0186. The molecule has 2 aliphatic rings. The zero-order chi connectivity index (χ0) is 15.0. The Morgan fingerprint density at radius 1 is 1.33 bits per heavy atom. The molecule has 0 radical (unpaired) electrons. The maximum atomic E-state index is 12.4. The maximum absolute atomic E-state index is 12.4. The molecule has 1 aromatic rings. The first kappa shape index (κ1) is 14.0. The number of rotatable bonds is 2. The van der Waals surface area contributed by atoms with E-state index in [1.807, 2.05) is 18.0 Å². The molecule has 2 amide bonds. The number of pyridine rings is 1. The van der Waals surface area contributed by atoms with E-state index in [1.165, 1.54) is 0 Å². The molecule has 0 aliphatic carbocycles. The van der Waals surface area contributed by atoms with Crippen molar-refractivity contribution in [1.82, 2.24) is 20.1 Å². The van der Waals surface area contributed by atoms with Gasteiger partial charge in [0.05, 0.1) is 6.04 Å². The van der Waals surface area contributed by atoms with Crippen molar-refractivity contribution in [3.05, 3.63) is 30.1 Å².